The first-order valence-corrected chi connectivity index (χ1v) is 6.16. The van der Waals surface area contributed by atoms with Crippen LogP contribution in [0.15, 0.2) is 30.3 Å². The third-order valence-electron chi connectivity index (χ3n) is 3.50. The molecular formula is C14H21NO. The van der Waals surface area contributed by atoms with Crippen LogP contribution in [0.2, 0.25) is 0 Å². The highest BCUT2D eigenvalue weighted by Gasteiger charge is 2.36. The second kappa shape index (κ2) is 4.98. The summed E-state index contributed by atoms with van der Waals surface area (Å²) in [5.74, 6) is 0. The Bertz CT molecular complexity index is 325. The monoisotopic (exact) mass is 219 g/mol. The topological polar surface area (TPSA) is 12.5 Å². The van der Waals surface area contributed by atoms with Crippen LogP contribution in [0.4, 0.5) is 0 Å². The predicted molar refractivity (Wildman–Crippen MR) is 66.2 cm³/mol. The Morgan fingerprint density at radius 1 is 1.25 bits per heavy atom. The fraction of sp³-hybridized carbons (Fsp3) is 0.571. The van der Waals surface area contributed by atoms with Crippen LogP contribution in [0.25, 0.3) is 0 Å². The number of likely N-dealkylation sites (N-methyl/N-ethyl adjacent to an activating group) is 1. The highest BCUT2D eigenvalue weighted by Crippen LogP contribution is 2.34. The van der Waals surface area contributed by atoms with E-state index < -0.39 is 0 Å². The Morgan fingerprint density at radius 2 is 1.94 bits per heavy atom. The van der Waals surface area contributed by atoms with Crippen molar-refractivity contribution in [1.82, 2.24) is 4.90 Å². The molecule has 0 aromatic heterocycles. The molecule has 0 amide bonds. The highest BCUT2D eigenvalue weighted by atomic mass is 16.5. The first kappa shape index (κ1) is 11.6. The third-order valence-corrected chi connectivity index (χ3v) is 3.50. The minimum Gasteiger partial charge on any atom is -0.354 e. The zero-order valence-corrected chi connectivity index (χ0v) is 10.4. The molecule has 2 rings (SSSR count). The lowest BCUT2D eigenvalue weighted by atomic mass is 10.0. The van der Waals surface area contributed by atoms with Crippen LogP contribution in [0.3, 0.4) is 0 Å². The minimum atomic E-state index is 0.225. The van der Waals surface area contributed by atoms with Crippen LogP contribution in [0.1, 0.15) is 38.4 Å². The summed E-state index contributed by atoms with van der Waals surface area (Å²) >= 11 is 0. The first-order chi connectivity index (χ1) is 7.74. The van der Waals surface area contributed by atoms with Gasteiger partial charge in [0.1, 0.15) is 6.23 Å². The van der Waals surface area contributed by atoms with Crippen LogP contribution >= 0.6 is 0 Å². The van der Waals surface area contributed by atoms with E-state index in [2.05, 4.69) is 56.1 Å². The van der Waals surface area contributed by atoms with Gasteiger partial charge in [-0.05, 0) is 26.0 Å². The number of rotatable bonds is 3. The lowest BCUT2D eigenvalue weighted by Crippen LogP contribution is -2.31. The van der Waals surface area contributed by atoms with Crippen molar-refractivity contribution >= 4 is 0 Å². The summed E-state index contributed by atoms with van der Waals surface area (Å²) in [5.41, 5.74) is 1.29. The first-order valence-electron chi connectivity index (χ1n) is 6.16. The average Bonchev–Trinajstić information content (AvgIpc) is 2.59. The molecule has 1 aromatic rings. The van der Waals surface area contributed by atoms with Gasteiger partial charge < -0.3 is 4.74 Å². The number of hydrogen-bond donors (Lipinski definition) is 0. The smallest absolute Gasteiger partial charge is 0.111 e. The highest BCUT2D eigenvalue weighted by molar-refractivity contribution is 5.20. The molecule has 1 saturated heterocycles. The van der Waals surface area contributed by atoms with Crippen LogP contribution < -0.4 is 0 Å². The molecule has 1 fully saturated rings. The van der Waals surface area contributed by atoms with Crippen molar-refractivity contribution in [3.63, 3.8) is 0 Å². The Kier molecular flexibility index (Phi) is 3.62. The molecule has 16 heavy (non-hydrogen) atoms. The molecule has 1 aliphatic rings. The van der Waals surface area contributed by atoms with Crippen LogP contribution in [-0.2, 0) is 4.74 Å². The average molecular weight is 219 g/mol. The number of benzene rings is 1. The lowest BCUT2D eigenvalue weighted by Gasteiger charge is -2.20. The molecular weight excluding hydrogens is 198 g/mol. The molecule has 1 heterocycles. The van der Waals surface area contributed by atoms with Crippen molar-refractivity contribution in [2.24, 2.45) is 0 Å². The Balaban J connectivity index is 2.13. The standard InChI is InChI=1S/C14H21NO/c1-4-8-13-15(3)11(2)14(16-13)12-9-6-5-7-10-12/h5-7,9-11,13-14H,4,8H2,1-3H3/t11-,13?,14-/m0/s1. The molecule has 0 radical (unpaired) electrons. The van der Waals surface area contributed by atoms with Crippen molar-refractivity contribution in [1.29, 1.82) is 0 Å². The molecule has 0 bridgehead atoms. The van der Waals surface area contributed by atoms with E-state index in [-0.39, 0.29) is 12.3 Å². The van der Waals surface area contributed by atoms with E-state index in [0.717, 1.165) is 6.42 Å². The Hall–Kier alpha value is -0.860. The summed E-state index contributed by atoms with van der Waals surface area (Å²) < 4.78 is 6.14. The maximum atomic E-state index is 6.14. The van der Waals surface area contributed by atoms with Gasteiger partial charge in [-0.3, -0.25) is 4.90 Å². The zero-order valence-electron chi connectivity index (χ0n) is 10.4. The summed E-state index contributed by atoms with van der Waals surface area (Å²) in [6.45, 7) is 4.45. The molecule has 2 nitrogen and oxygen atoms in total. The summed E-state index contributed by atoms with van der Waals surface area (Å²) in [5, 5.41) is 0. The van der Waals surface area contributed by atoms with Crippen molar-refractivity contribution in [2.45, 2.75) is 45.1 Å². The van der Waals surface area contributed by atoms with Crippen LogP contribution in [0, 0.1) is 0 Å². The van der Waals surface area contributed by atoms with E-state index in [9.17, 15) is 0 Å². The van der Waals surface area contributed by atoms with Crippen molar-refractivity contribution in [2.75, 3.05) is 7.05 Å². The Labute approximate surface area is 98.2 Å². The third kappa shape index (κ3) is 2.13. The fourth-order valence-electron chi connectivity index (χ4n) is 2.37. The molecule has 2 heteroatoms. The molecule has 0 spiro atoms. The molecule has 88 valence electrons. The van der Waals surface area contributed by atoms with E-state index in [1.807, 2.05) is 0 Å². The molecule has 3 atom stereocenters. The summed E-state index contributed by atoms with van der Waals surface area (Å²) in [4.78, 5) is 2.35. The van der Waals surface area contributed by atoms with E-state index in [0.29, 0.717) is 6.04 Å². The van der Waals surface area contributed by atoms with E-state index in [4.69, 9.17) is 4.74 Å². The van der Waals surface area contributed by atoms with Gasteiger partial charge in [0, 0.05) is 6.04 Å². The van der Waals surface area contributed by atoms with Gasteiger partial charge in [0.2, 0.25) is 0 Å². The molecule has 0 aliphatic carbocycles. The SMILES string of the molecule is CCCC1O[C@H](c2ccccc2)[C@H](C)N1C. The summed E-state index contributed by atoms with van der Waals surface area (Å²) in [6, 6.07) is 11.0. The Morgan fingerprint density at radius 3 is 2.56 bits per heavy atom. The van der Waals surface area contributed by atoms with Gasteiger partial charge in [0.25, 0.3) is 0 Å². The largest absolute Gasteiger partial charge is 0.354 e. The van der Waals surface area contributed by atoms with Gasteiger partial charge in [-0.2, -0.15) is 0 Å². The summed E-state index contributed by atoms with van der Waals surface area (Å²) in [6.07, 6.45) is 2.79. The van der Waals surface area contributed by atoms with Gasteiger partial charge in [-0.1, -0.05) is 43.7 Å². The van der Waals surface area contributed by atoms with Gasteiger partial charge in [-0.15, -0.1) is 0 Å². The van der Waals surface area contributed by atoms with Crippen LogP contribution in [-0.4, -0.2) is 24.2 Å². The number of ether oxygens (including phenoxy) is 1. The van der Waals surface area contributed by atoms with Crippen molar-refractivity contribution in [3.8, 4) is 0 Å². The van der Waals surface area contributed by atoms with Crippen molar-refractivity contribution < 1.29 is 4.74 Å². The van der Waals surface area contributed by atoms with Gasteiger partial charge in [0.15, 0.2) is 0 Å². The van der Waals surface area contributed by atoms with Gasteiger partial charge in [-0.25, -0.2) is 0 Å². The predicted octanol–water partition coefficient (Wildman–Crippen LogP) is 3.20. The zero-order chi connectivity index (χ0) is 11.5. The number of hydrogen-bond acceptors (Lipinski definition) is 2. The number of nitrogens with zero attached hydrogens (tertiary/aromatic N) is 1. The quantitative estimate of drug-likeness (QED) is 0.774. The molecule has 1 unspecified atom stereocenters. The van der Waals surface area contributed by atoms with Crippen LogP contribution in [0.5, 0.6) is 0 Å². The maximum absolute atomic E-state index is 6.14. The molecule has 1 aliphatic heterocycles. The molecule has 0 saturated carbocycles. The van der Waals surface area contributed by atoms with Crippen molar-refractivity contribution in [3.05, 3.63) is 35.9 Å². The normalized spacial score (nSPS) is 30.8. The van der Waals surface area contributed by atoms with E-state index in [1.54, 1.807) is 0 Å². The van der Waals surface area contributed by atoms with Gasteiger partial charge in [0.05, 0.1) is 6.10 Å². The fourth-order valence-corrected chi connectivity index (χ4v) is 2.37. The summed E-state index contributed by atoms with van der Waals surface area (Å²) in [7, 11) is 2.16. The lowest BCUT2D eigenvalue weighted by molar-refractivity contribution is 0.00144. The minimum absolute atomic E-state index is 0.225. The second-order valence-corrected chi connectivity index (χ2v) is 4.62. The van der Waals surface area contributed by atoms with E-state index >= 15 is 0 Å². The molecule has 1 aromatic carbocycles. The second-order valence-electron chi connectivity index (χ2n) is 4.62. The maximum Gasteiger partial charge on any atom is 0.111 e. The van der Waals surface area contributed by atoms with Gasteiger partial charge >= 0.3 is 0 Å². The van der Waals surface area contributed by atoms with E-state index in [1.165, 1.54) is 12.0 Å². The molecule has 0 N–H and O–H groups in total.